The number of nitrogens with zero attached hydrogens (tertiary/aromatic N) is 2. The van der Waals surface area contributed by atoms with E-state index in [9.17, 15) is 13.3 Å². The molecule has 0 amide bonds. The molecule has 146 valence electrons. The van der Waals surface area contributed by atoms with Crippen LogP contribution in [0.3, 0.4) is 0 Å². The molecule has 2 heterocycles. The van der Waals surface area contributed by atoms with Crippen LogP contribution in [-0.4, -0.2) is 78.3 Å². The van der Waals surface area contributed by atoms with Crippen LogP contribution in [-0.2, 0) is 16.9 Å². The van der Waals surface area contributed by atoms with E-state index in [0.717, 1.165) is 0 Å². The number of fused-ring (bicyclic) bond motifs is 1. The van der Waals surface area contributed by atoms with E-state index < -0.39 is 17.8 Å². The normalized spacial score (nSPS) is 11.5. The van der Waals surface area contributed by atoms with E-state index in [1.54, 1.807) is 6.07 Å². The van der Waals surface area contributed by atoms with Crippen molar-refractivity contribution in [3.63, 3.8) is 0 Å². The van der Waals surface area contributed by atoms with Crippen molar-refractivity contribution in [3.8, 4) is 17.2 Å². The molecule has 0 saturated heterocycles. The fourth-order valence-corrected chi connectivity index (χ4v) is 3.41. The van der Waals surface area contributed by atoms with Crippen LogP contribution in [0.15, 0.2) is 35.6 Å². The number of aromatic nitrogens is 3. The van der Waals surface area contributed by atoms with Gasteiger partial charge in [0.05, 0.1) is 33.7 Å². The minimum atomic E-state index is -2.92. The number of hydrogen-bond acceptors (Lipinski definition) is 6. The Morgan fingerprint density at radius 2 is 1.96 bits per heavy atom. The van der Waals surface area contributed by atoms with Crippen LogP contribution in [0.1, 0.15) is 5.69 Å². The van der Waals surface area contributed by atoms with Gasteiger partial charge in [0.25, 0.3) is 0 Å². The van der Waals surface area contributed by atoms with Gasteiger partial charge in [-0.25, -0.2) is 0 Å². The minimum absolute atomic E-state index is 0. The van der Waals surface area contributed by atoms with Gasteiger partial charge < -0.3 is 18.8 Å². The molecule has 3 aromatic rings. The SMILES string of the molecule is B.COc1ccnc(C[S+]([O-])c2nc3cc(OC(F)F)ccc3[nH]2)c1OC.[NaH]. The first-order chi connectivity index (χ1) is 12.5. The van der Waals surface area contributed by atoms with Gasteiger partial charge in [0.15, 0.2) is 17.3 Å². The van der Waals surface area contributed by atoms with Crippen molar-refractivity contribution >= 4 is 60.2 Å². The number of H-pyrrole nitrogens is 1. The van der Waals surface area contributed by atoms with Crippen molar-refractivity contribution < 1.29 is 27.5 Å². The molecule has 1 N–H and O–H groups in total. The molecule has 0 aliphatic carbocycles. The number of nitrogens with one attached hydrogen (secondary N) is 1. The van der Waals surface area contributed by atoms with Gasteiger partial charge in [-0.3, -0.25) is 9.97 Å². The summed E-state index contributed by atoms with van der Waals surface area (Å²) in [6.45, 7) is -2.92. The van der Waals surface area contributed by atoms with Gasteiger partial charge in [-0.15, -0.1) is 0 Å². The van der Waals surface area contributed by atoms with Crippen LogP contribution < -0.4 is 14.2 Å². The molecule has 3 rings (SSSR count). The van der Waals surface area contributed by atoms with Gasteiger partial charge in [-0.05, 0) is 12.1 Å². The van der Waals surface area contributed by atoms with Crippen LogP contribution in [0.4, 0.5) is 8.78 Å². The molecule has 2 aromatic heterocycles. The van der Waals surface area contributed by atoms with Gasteiger partial charge in [0.1, 0.15) is 11.4 Å². The predicted molar refractivity (Wildman–Crippen MR) is 107 cm³/mol. The Balaban J connectivity index is 0.00000196. The molecule has 0 fully saturated rings. The second-order valence-corrected chi connectivity index (χ2v) is 6.45. The monoisotopic (exact) mass is 421 g/mol. The summed E-state index contributed by atoms with van der Waals surface area (Å²) in [5.41, 5.74) is 1.38. The van der Waals surface area contributed by atoms with Crippen LogP contribution >= 0.6 is 0 Å². The Labute approximate surface area is 187 Å². The number of ether oxygens (including phenoxy) is 3. The Morgan fingerprint density at radius 1 is 1.21 bits per heavy atom. The Morgan fingerprint density at radius 3 is 2.61 bits per heavy atom. The summed E-state index contributed by atoms with van der Waals surface area (Å²) in [6.07, 6.45) is 1.53. The van der Waals surface area contributed by atoms with Gasteiger partial charge >= 0.3 is 41.3 Å². The van der Waals surface area contributed by atoms with Crippen LogP contribution in [0.25, 0.3) is 11.0 Å². The van der Waals surface area contributed by atoms with Crippen molar-refractivity contribution in [3.05, 3.63) is 36.2 Å². The van der Waals surface area contributed by atoms with E-state index >= 15 is 0 Å². The molecule has 1 unspecified atom stereocenters. The van der Waals surface area contributed by atoms with Crippen LogP contribution in [0.2, 0.25) is 0 Å². The quantitative estimate of drug-likeness (QED) is 0.453. The molecule has 0 bridgehead atoms. The van der Waals surface area contributed by atoms with E-state index in [4.69, 9.17) is 9.47 Å². The molecular formula is C16H19BF2N3NaO4S. The van der Waals surface area contributed by atoms with Crippen molar-refractivity contribution in [2.24, 2.45) is 0 Å². The first-order valence-corrected chi connectivity index (χ1v) is 8.72. The zero-order valence-electron chi connectivity index (χ0n) is 13.9. The summed E-state index contributed by atoms with van der Waals surface area (Å²) < 4.78 is 52.1. The average Bonchev–Trinajstić information content (AvgIpc) is 3.04. The van der Waals surface area contributed by atoms with E-state index in [0.29, 0.717) is 28.2 Å². The number of imidazole rings is 1. The summed E-state index contributed by atoms with van der Waals surface area (Å²) in [5, 5.41) is 0.195. The summed E-state index contributed by atoms with van der Waals surface area (Å²) in [4.78, 5) is 11.3. The molecule has 7 nitrogen and oxygen atoms in total. The zero-order chi connectivity index (χ0) is 18.7. The molecule has 12 heteroatoms. The van der Waals surface area contributed by atoms with Gasteiger partial charge in [0, 0.05) is 29.5 Å². The van der Waals surface area contributed by atoms with E-state index in [-0.39, 0.29) is 54.6 Å². The molecule has 0 saturated carbocycles. The maximum atomic E-state index is 12.6. The summed E-state index contributed by atoms with van der Waals surface area (Å²) in [6, 6.07) is 5.90. The number of hydrogen-bond donors (Lipinski definition) is 1. The van der Waals surface area contributed by atoms with Crippen molar-refractivity contribution in [2.45, 2.75) is 17.5 Å². The second-order valence-electron chi connectivity index (χ2n) is 5.08. The van der Waals surface area contributed by atoms with Crippen molar-refractivity contribution in [1.82, 2.24) is 15.0 Å². The zero-order valence-corrected chi connectivity index (χ0v) is 14.7. The average molecular weight is 421 g/mol. The third kappa shape index (κ3) is 5.51. The molecule has 0 spiro atoms. The Hall–Kier alpha value is -1.53. The third-order valence-corrected chi connectivity index (χ3v) is 4.67. The molecule has 28 heavy (non-hydrogen) atoms. The molecule has 0 aliphatic heterocycles. The van der Waals surface area contributed by atoms with Crippen LogP contribution in [0.5, 0.6) is 17.2 Å². The number of pyridine rings is 1. The van der Waals surface area contributed by atoms with Gasteiger partial charge in [0.2, 0.25) is 0 Å². The fraction of sp³-hybridized carbons (Fsp3) is 0.250. The number of benzene rings is 1. The molecular weight excluding hydrogens is 402 g/mol. The Kier molecular flexibility index (Phi) is 9.51. The maximum absolute atomic E-state index is 12.6. The van der Waals surface area contributed by atoms with Crippen LogP contribution in [0, 0.1) is 0 Å². The molecule has 0 aliphatic rings. The first kappa shape index (κ1) is 24.5. The first-order valence-electron chi connectivity index (χ1n) is 7.40. The summed E-state index contributed by atoms with van der Waals surface area (Å²) >= 11 is -1.56. The molecule has 1 atom stereocenters. The predicted octanol–water partition coefficient (Wildman–Crippen LogP) is 1.05. The standard InChI is InChI=1S/C16H15F2N3O4S.BH3.Na.H/c1-23-13-5-6-19-12(14(13)24-2)8-26(22)16-20-10-4-3-9(25-15(17)18)7-11(10)21-16;;;/h3-7,15H,8H2,1-2H3,(H,20,21);1H3;;. The number of aromatic amines is 1. The third-order valence-electron chi connectivity index (χ3n) is 3.51. The van der Waals surface area contributed by atoms with Gasteiger partial charge in [-0.2, -0.15) is 13.8 Å². The van der Waals surface area contributed by atoms with Crippen molar-refractivity contribution in [1.29, 1.82) is 0 Å². The second kappa shape index (κ2) is 10.9. The summed E-state index contributed by atoms with van der Waals surface area (Å²) in [5.74, 6) is 0.896. The van der Waals surface area contributed by atoms with E-state index in [1.165, 1.54) is 38.6 Å². The van der Waals surface area contributed by atoms with Gasteiger partial charge in [-0.1, -0.05) is 0 Å². The number of halogens is 2. The molecule has 1 aromatic carbocycles. The number of methoxy groups -OCH3 is 2. The molecule has 0 radical (unpaired) electrons. The fourth-order valence-electron chi connectivity index (χ4n) is 2.39. The van der Waals surface area contributed by atoms with E-state index in [1.807, 2.05) is 0 Å². The number of rotatable bonds is 7. The Bertz CT molecular complexity index is 919. The van der Waals surface area contributed by atoms with E-state index in [2.05, 4.69) is 19.7 Å². The summed E-state index contributed by atoms with van der Waals surface area (Å²) in [7, 11) is 2.97. The number of alkyl halides is 2. The van der Waals surface area contributed by atoms with Crippen molar-refractivity contribution in [2.75, 3.05) is 14.2 Å². The topological polar surface area (TPSA) is 92.3 Å².